The van der Waals surface area contributed by atoms with Crippen LogP contribution < -0.4 is 16.0 Å². The van der Waals surface area contributed by atoms with E-state index in [2.05, 4.69) is 20.9 Å². The topological polar surface area (TPSA) is 66.0 Å². The Morgan fingerprint density at radius 3 is 3.11 bits per heavy atom. The standard InChI is InChI=1S/C13H20N4O/c18-13(11-5-3-8-14-11)17-10-4-9-16-12-6-1-2-7-15-12/h1-2,6-7,11,14H,3-5,8-10H2,(H,15,16)(H,17,18)/t11-/m0/s1. The molecule has 1 aliphatic heterocycles. The molecule has 0 radical (unpaired) electrons. The highest BCUT2D eigenvalue weighted by molar-refractivity contribution is 5.81. The van der Waals surface area contributed by atoms with Gasteiger partial charge in [-0.2, -0.15) is 0 Å². The largest absolute Gasteiger partial charge is 0.370 e. The van der Waals surface area contributed by atoms with Crippen molar-refractivity contribution in [2.75, 3.05) is 25.0 Å². The van der Waals surface area contributed by atoms with Crippen LogP contribution in [0.15, 0.2) is 24.4 Å². The first-order valence-corrected chi connectivity index (χ1v) is 6.52. The third-order valence-corrected chi connectivity index (χ3v) is 3.00. The van der Waals surface area contributed by atoms with Gasteiger partial charge >= 0.3 is 0 Å². The molecule has 18 heavy (non-hydrogen) atoms. The Morgan fingerprint density at radius 1 is 1.44 bits per heavy atom. The van der Waals surface area contributed by atoms with E-state index in [0.717, 1.165) is 38.2 Å². The SMILES string of the molecule is O=C(NCCCNc1ccccn1)[C@@H]1CCCN1. The zero-order valence-corrected chi connectivity index (χ0v) is 10.5. The summed E-state index contributed by atoms with van der Waals surface area (Å²) in [4.78, 5) is 15.8. The Labute approximate surface area is 107 Å². The van der Waals surface area contributed by atoms with E-state index < -0.39 is 0 Å². The summed E-state index contributed by atoms with van der Waals surface area (Å²) in [6.07, 6.45) is 4.71. The number of carbonyl (C=O) groups is 1. The zero-order valence-electron chi connectivity index (χ0n) is 10.5. The van der Waals surface area contributed by atoms with Gasteiger partial charge in [-0.05, 0) is 37.9 Å². The molecule has 1 aliphatic rings. The number of aromatic nitrogens is 1. The normalized spacial score (nSPS) is 18.6. The second-order valence-corrected chi connectivity index (χ2v) is 4.44. The monoisotopic (exact) mass is 248 g/mol. The summed E-state index contributed by atoms with van der Waals surface area (Å²) >= 11 is 0. The molecule has 0 saturated carbocycles. The van der Waals surface area contributed by atoms with E-state index >= 15 is 0 Å². The fourth-order valence-corrected chi connectivity index (χ4v) is 2.02. The summed E-state index contributed by atoms with van der Waals surface area (Å²) in [6.45, 7) is 2.48. The Bertz CT molecular complexity index is 363. The number of nitrogens with one attached hydrogen (secondary N) is 3. The summed E-state index contributed by atoms with van der Waals surface area (Å²) in [5, 5.41) is 9.34. The second kappa shape index (κ2) is 6.96. The summed E-state index contributed by atoms with van der Waals surface area (Å²) in [7, 11) is 0. The van der Waals surface area contributed by atoms with Crippen LogP contribution in [0.25, 0.3) is 0 Å². The number of amides is 1. The Balaban J connectivity index is 1.54. The number of hydrogen-bond donors (Lipinski definition) is 3. The molecule has 0 aromatic carbocycles. The third kappa shape index (κ3) is 4.00. The number of rotatable bonds is 6. The van der Waals surface area contributed by atoms with Gasteiger partial charge in [0.15, 0.2) is 0 Å². The van der Waals surface area contributed by atoms with Crippen molar-refractivity contribution in [3.05, 3.63) is 24.4 Å². The molecule has 1 atom stereocenters. The van der Waals surface area contributed by atoms with Crippen molar-refractivity contribution in [3.63, 3.8) is 0 Å². The summed E-state index contributed by atoms with van der Waals surface area (Å²) in [6, 6.07) is 5.79. The number of hydrogen-bond acceptors (Lipinski definition) is 4. The van der Waals surface area contributed by atoms with E-state index in [4.69, 9.17) is 0 Å². The molecular weight excluding hydrogens is 228 g/mol. The van der Waals surface area contributed by atoms with Crippen LogP contribution in [0.4, 0.5) is 5.82 Å². The van der Waals surface area contributed by atoms with Crippen LogP contribution in [0.5, 0.6) is 0 Å². The molecule has 98 valence electrons. The molecule has 1 aromatic heterocycles. The molecule has 0 bridgehead atoms. The Hall–Kier alpha value is -1.62. The van der Waals surface area contributed by atoms with Crippen LogP contribution >= 0.6 is 0 Å². The molecule has 5 nitrogen and oxygen atoms in total. The lowest BCUT2D eigenvalue weighted by molar-refractivity contribution is -0.122. The van der Waals surface area contributed by atoms with Gasteiger partial charge in [0.2, 0.25) is 5.91 Å². The van der Waals surface area contributed by atoms with Crippen molar-refractivity contribution in [2.45, 2.75) is 25.3 Å². The van der Waals surface area contributed by atoms with Gasteiger partial charge < -0.3 is 16.0 Å². The highest BCUT2D eigenvalue weighted by Crippen LogP contribution is 2.04. The average Bonchev–Trinajstić information content (AvgIpc) is 2.93. The van der Waals surface area contributed by atoms with Gasteiger partial charge in [-0.1, -0.05) is 6.07 Å². The third-order valence-electron chi connectivity index (χ3n) is 3.00. The van der Waals surface area contributed by atoms with Crippen molar-refractivity contribution in [3.8, 4) is 0 Å². The van der Waals surface area contributed by atoms with E-state index in [0.29, 0.717) is 6.54 Å². The van der Waals surface area contributed by atoms with Crippen LogP contribution in [0.3, 0.4) is 0 Å². The van der Waals surface area contributed by atoms with Crippen molar-refractivity contribution < 1.29 is 4.79 Å². The first kappa shape index (κ1) is 12.8. The van der Waals surface area contributed by atoms with Gasteiger partial charge in [0, 0.05) is 19.3 Å². The molecule has 0 aliphatic carbocycles. The molecule has 0 spiro atoms. The quantitative estimate of drug-likeness (QED) is 0.650. The number of pyridine rings is 1. The van der Waals surface area contributed by atoms with Gasteiger partial charge in [-0.25, -0.2) is 4.98 Å². The van der Waals surface area contributed by atoms with E-state index in [-0.39, 0.29) is 11.9 Å². The van der Waals surface area contributed by atoms with E-state index in [9.17, 15) is 4.79 Å². The average molecular weight is 248 g/mol. The lowest BCUT2D eigenvalue weighted by atomic mass is 10.2. The Morgan fingerprint density at radius 2 is 2.39 bits per heavy atom. The summed E-state index contributed by atoms with van der Waals surface area (Å²) in [5.74, 6) is 1.01. The smallest absolute Gasteiger partial charge is 0.237 e. The minimum Gasteiger partial charge on any atom is -0.370 e. The number of anilines is 1. The fourth-order valence-electron chi connectivity index (χ4n) is 2.02. The highest BCUT2D eigenvalue weighted by Gasteiger charge is 2.20. The predicted molar refractivity (Wildman–Crippen MR) is 71.4 cm³/mol. The molecule has 0 unspecified atom stereocenters. The van der Waals surface area contributed by atoms with Gasteiger partial charge in [-0.15, -0.1) is 0 Å². The van der Waals surface area contributed by atoms with Crippen molar-refractivity contribution >= 4 is 11.7 Å². The van der Waals surface area contributed by atoms with Crippen LogP contribution in [0, 0.1) is 0 Å². The molecule has 5 heteroatoms. The first-order chi connectivity index (χ1) is 8.86. The molecule has 1 saturated heterocycles. The van der Waals surface area contributed by atoms with Gasteiger partial charge in [0.25, 0.3) is 0 Å². The van der Waals surface area contributed by atoms with E-state index in [1.54, 1.807) is 6.20 Å². The van der Waals surface area contributed by atoms with Crippen molar-refractivity contribution in [1.82, 2.24) is 15.6 Å². The van der Waals surface area contributed by atoms with Gasteiger partial charge in [0.1, 0.15) is 5.82 Å². The minimum atomic E-state index is 0.0220. The second-order valence-electron chi connectivity index (χ2n) is 4.44. The van der Waals surface area contributed by atoms with Gasteiger partial charge in [-0.3, -0.25) is 4.79 Å². The summed E-state index contributed by atoms with van der Waals surface area (Å²) in [5.41, 5.74) is 0. The predicted octanol–water partition coefficient (Wildman–Crippen LogP) is 0.752. The maximum absolute atomic E-state index is 11.7. The highest BCUT2D eigenvalue weighted by atomic mass is 16.2. The molecule has 2 heterocycles. The van der Waals surface area contributed by atoms with Crippen LogP contribution in [-0.2, 0) is 4.79 Å². The molecule has 1 aromatic rings. The molecule has 1 amide bonds. The lowest BCUT2D eigenvalue weighted by Crippen LogP contribution is -2.41. The Kier molecular flexibility index (Phi) is 4.96. The maximum atomic E-state index is 11.7. The van der Waals surface area contributed by atoms with Crippen LogP contribution in [-0.4, -0.2) is 36.6 Å². The van der Waals surface area contributed by atoms with Crippen LogP contribution in [0.2, 0.25) is 0 Å². The number of nitrogens with zero attached hydrogens (tertiary/aromatic N) is 1. The molecule has 1 fully saturated rings. The number of carbonyl (C=O) groups excluding carboxylic acids is 1. The molecule has 3 N–H and O–H groups in total. The van der Waals surface area contributed by atoms with Crippen molar-refractivity contribution in [2.24, 2.45) is 0 Å². The molecule has 2 rings (SSSR count). The van der Waals surface area contributed by atoms with Gasteiger partial charge in [0.05, 0.1) is 6.04 Å². The van der Waals surface area contributed by atoms with Crippen molar-refractivity contribution in [1.29, 1.82) is 0 Å². The molecular formula is C13H20N4O. The maximum Gasteiger partial charge on any atom is 0.237 e. The summed E-state index contributed by atoms with van der Waals surface area (Å²) < 4.78 is 0. The first-order valence-electron chi connectivity index (χ1n) is 6.52. The minimum absolute atomic E-state index is 0.0220. The fraction of sp³-hybridized carbons (Fsp3) is 0.538. The van der Waals surface area contributed by atoms with Crippen LogP contribution in [0.1, 0.15) is 19.3 Å². The van der Waals surface area contributed by atoms with E-state index in [1.807, 2.05) is 18.2 Å². The van der Waals surface area contributed by atoms with E-state index in [1.165, 1.54) is 0 Å². The lowest BCUT2D eigenvalue weighted by Gasteiger charge is -2.11. The zero-order chi connectivity index (χ0) is 12.6.